The van der Waals surface area contributed by atoms with Crippen LogP contribution in [-0.4, -0.2) is 12.4 Å². The normalized spacial score (nSPS) is 14.6. The van der Waals surface area contributed by atoms with Gasteiger partial charge in [0.05, 0.1) is 6.08 Å². The summed E-state index contributed by atoms with van der Waals surface area (Å²) in [5.74, 6) is 0. The molecule has 0 aromatic carbocycles. The maximum atomic E-state index is 11.0. The minimum Gasteiger partial charge on any atom is -0.167 e. The third-order valence-corrected chi connectivity index (χ3v) is 0.399. The molecule has 0 nitrogen and oxygen atoms in total. The Morgan fingerprint density at radius 2 is 1.30 bits per heavy atom. The van der Waals surface area contributed by atoms with E-state index in [9.17, 15) is 26.3 Å². The Labute approximate surface area is 52.1 Å². The van der Waals surface area contributed by atoms with Gasteiger partial charge in [-0.3, -0.25) is 0 Å². The van der Waals surface area contributed by atoms with Gasteiger partial charge in [0.2, 0.25) is 0 Å². The summed E-state index contributed by atoms with van der Waals surface area (Å²) in [6, 6.07) is 0. The zero-order valence-corrected chi connectivity index (χ0v) is 4.35. The fourth-order valence-electron chi connectivity index (χ4n) is 0.164. The van der Waals surface area contributed by atoms with Crippen LogP contribution in [0.25, 0.3) is 0 Å². The predicted octanol–water partition coefficient (Wildman–Crippen LogP) is 2.47. The molecule has 0 N–H and O–H groups in total. The molecule has 0 unspecified atom stereocenters. The number of hydrogen-bond acceptors (Lipinski definition) is 0. The van der Waals surface area contributed by atoms with Gasteiger partial charge in [-0.05, 0) is 0 Å². The average Bonchev–Trinajstić information content (AvgIpc) is 1.57. The third kappa shape index (κ3) is 7.32. The Hall–Kier alpha value is -0.680. The van der Waals surface area contributed by atoms with Crippen molar-refractivity contribution in [3.8, 4) is 0 Å². The molecule has 6 heteroatoms. The molecule has 0 aliphatic carbocycles. The predicted molar refractivity (Wildman–Crippen MR) is 19.9 cm³/mol. The minimum atomic E-state index is -5.02. The Morgan fingerprint density at radius 3 is 1.40 bits per heavy atom. The maximum absolute atomic E-state index is 11.0. The second kappa shape index (κ2) is 2.51. The molecule has 0 bridgehead atoms. The molecule has 0 aliphatic rings. The van der Waals surface area contributed by atoms with Crippen molar-refractivity contribution in [3.05, 3.63) is 12.2 Å². The lowest BCUT2D eigenvalue weighted by Crippen LogP contribution is -2.08. The van der Waals surface area contributed by atoms with Gasteiger partial charge in [-0.1, -0.05) is 0 Å². The summed E-state index contributed by atoms with van der Waals surface area (Å²) < 4.78 is 65.7. The average molecular weight is 163 g/mol. The highest BCUT2D eigenvalue weighted by Gasteiger charge is 2.29. The van der Waals surface area contributed by atoms with Gasteiger partial charge in [0.1, 0.15) is 0 Å². The zero-order chi connectivity index (χ0) is 8.41. The summed E-state index contributed by atoms with van der Waals surface area (Å²) in [6.07, 6.45) is -10.7. The van der Waals surface area contributed by atoms with Gasteiger partial charge in [0.15, 0.2) is 0 Å². The molecule has 0 saturated heterocycles. The third-order valence-electron chi connectivity index (χ3n) is 0.399. The number of hydrogen-bond donors (Lipinski definition) is 0. The lowest BCUT2D eigenvalue weighted by Gasteiger charge is -1.99. The molecule has 0 rings (SSSR count). The molecule has 0 heterocycles. The van der Waals surface area contributed by atoms with Crippen LogP contribution in [0.3, 0.4) is 0 Å². The van der Waals surface area contributed by atoms with Crippen LogP contribution in [0.1, 0.15) is 0 Å². The molecule has 0 spiro atoms. The van der Waals surface area contributed by atoms with Crippen LogP contribution in [0.2, 0.25) is 0 Å². The second-order valence-corrected chi connectivity index (χ2v) is 1.33. The first kappa shape index (κ1) is 9.32. The quantitative estimate of drug-likeness (QED) is 0.481. The fourth-order valence-corrected chi connectivity index (χ4v) is 0.164. The van der Waals surface area contributed by atoms with E-state index in [4.69, 9.17) is 0 Å². The van der Waals surface area contributed by atoms with Gasteiger partial charge in [-0.2, -0.15) is 26.3 Å². The fraction of sp³-hybridized carbons (Fsp3) is 0.500. The highest BCUT2D eigenvalue weighted by molar-refractivity contribution is 4.86. The number of alkyl halides is 6. The van der Waals surface area contributed by atoms with Crippen LogP contribution in [0.4, 0.5) is 26.3 Å². The van der Waals surface area contributed by atoms with Crippen molar-refractivity contribution >= 4 is 0 Å². The summed E-state index contributed by atoms with van der Waals surface area (Å²) in [4.78, 5) is 0. The van der Waals surface area contributed by atoms with Crippen molar-refractivity contribution in [2.75, 3.05) is 0 Å². The molecular weight excluding hydrogens is 162 g/mol. The van der Waals surface area contributed by atoms with Gasteiger partial charge in [-0.25, -0.2) is 0 Å². The molecule has 10 heavy (non-hydrogen) atoms. The summed E-state index contributed by atoms with van der Waals surface area (Å²) in [6.45, 7) is 0. The largest absolute Gasteiger partial charge is 0.417 e. The Balaban J connectivity index is 4.01. The standard InChI is InChI=1S/C4HF6/c5-3(6,7)1-2-4(8,9)10/h1H. The summed E-state index contributed by atoms with van der Waals surface area (Å²) >= 11 is 0. The van der Waals surface area contributed by atoms with Crippen LogP contribution < -0.4 is 0 Å². The number of rotatable bonds is 0. The molecule has 0 amide bonds. The molecule has 0 saturated carbocycles. The highest BCUT2D eigenvalue weighted by atomic mass is 19.4. The molecule has 0 aromatic heterocycles. The summed E-state index contributed by atoms with van der Waals surface area (Å²) in [5, 5.41) is 0. The van der Waals surface area contributed by atoms with E-state index in [0.717, 1.165) is 0 Å². The SMILES string of the molecule is FC(F)(F)/[C]=C/C(F)(F)F. The molecule has 1 radical (unpaired) electrons. The lowest BCUT2D eigenvalue weighted by atomic mass is 10.5. The van der Waals surface area contributed by atoms with Crippen molar-refractivity contribution in [1.82, 2.24) is 0 Å². The van der Waals surface area contributed by atoms with Gasteiger partial charge >= 0.3 is 12.4 Å². The number of allylic oxidation sites excluding steroid dienone is 2. The van der Waals surface area contributed by atoms with Crippen LogP contribution in [-0.2, 0) is 0 Å². The monoisotopic (exact) mass is 163 g/mol. The number of halogens is 6. The van der Waals surface area contributed by atoms with Crippen molar-refractivity contribution in [2.24, 2.45) is 0 Å². The van der Waals surface area contributed by atoms with E-state index < -0.39 is 18.4 Å². The molecule has 59 valence electrons. The zero-order valence-electron chi connectivity index (χ0n) is 4.35. The summed E-state index contributed by atoms with van der Waals surface area (Å²) in [5.41, 5.74) is 0. The Kier molecular flexibility index (Phi) is 2.34. The first-order valence-electron chi connectivity index (χ1n) is 1.96. The van der Waals surface area contributed by atoms with Crippen molar-refractivity contribution < 1.29 is 26.3 Å². The van der Waals surface area contributed by atoms with Gasteiger partial charge < -0.3 is 0 Å². The van der Waals surface area contributed by atoms with Crippen molar-refractivity contribution in [1.29, 1.82) is 0 Å². The smallest absolute Gasteiger partial charge is 0.167 e. The van der Waals surface area contributed by atoms with E-state index in [-0.39, 0.29) is 6.08 Å². The van der Waals surface area contributed by atoms with E-state index in [2.05, 4.69) is 0 Å². The topological polar surface area (TPSA) is 0 Å². The summed E-state index contributed by atoms with van der Waals surface area (Å²) in [7, 11) is 0. The van der Waals surface area contributed by atoms with Crippen LogP contribution in [0.15, 0.2) is 6.08 Å². The van der Waals surface area contributed by atoms with Gasteiger partial charge in [0.25, 0.3) is 0 Å². The lowest BCUT2D eigenvalue weighted by molar-refractivity contribution is -0.104. The van der Waals surface area contributed by atoms with Crippen LogP contribution >= 0.6 is 0 Å². The molecule has 0 fully saturated rings. The van der Waals surface area contributed by atoms with E-state index in [0.29, 0.717) is 0 Å². The van der Waals surface area contributed by atoms with Crippen molar-refractivity contribution in [2.45, 2.75) is 12.4 Å². The minimum absolute atomic E-state index is 0.212. The van der Waals surface area contributed by atoms with E-state index in [1.807, 2.05) is 0 Å². The Morgan fingerprint density at radius 1 is 0.900 bits per heavy atom. The highest BCUT2D eigenvalue weighted by Crippen LogP contribution is 2.21. The van der Waals surface area contributed by atoms with E-state index in [1.165, 1.54) is 0 Å². The maximum Gasteiger partial charge on any atom is 0.417 e. The van der Waals surface area contributed by atoms with E-state index >= 15 is 0 Å². The van der Waals surface area contributed by atoms with Crippen LogP contribution in [0, 0.1) is 6.08 Å². The molecular formula is C4HF6. The first-order valence-corrected chi connectivity index (χ1v) is 1.96. The molecule has 0 aliphatic heterocycles. The van der Waals surface area contributed by atoms with Gasteiger partial charge in [-0.15, -0.1) is 0 Å². The van der Waals surface area contributed by atoms with Gasteiger partial charge in [0, 0.05) is 6.08 Å². The molecule has 0 atom stereocenters. The second-order valence-electron chi connectivity index (χ2n) is 1.33. The Bertz CT molecular complexity index is 110. The first-order chi connectivity index (χ1) is 4.21. The molecule has 0 aromatic rings. The van der Waals surface area contributed by atoms with Crippen molar-refractivity contribution in [3.63, 3.8) is 0 Å². The van der Waals surface area contributed by atoms with Crippen LogP contribution in [0.5, 0.6) is 0 Å². The van der Waals surface area contributed by atoms with E-state index in [1.54, 1.807) is 0 Å².